The molecule has 0 radical (unpaired) electrons. The van der Waals surface area contributed by atoms with Crippen LogP contribution in [0, 0.1) is 0 Å². The molecular weight excluding hydrogens is 254 g/mol. The van der Waals surface area contributed by atoms with Gasteiger partial charge in [-0.3, -0.25) is 0 Å². The molecule has 0 bridgehead atoms. The summed E-state index contributed by atoms with van der Waals surface area (Å²) in [6, 6.07) is 11.5. The average Bonchev–Trinajstić information content (AvgIpc) is 2.52. The summed E-state index contributed by atoms with van der Waals surface area (Å²) < 4.78 is 10.7. The van der Waals surface area contributed by atoms with Crippen LogP contribution in [0.4, 0.5) is 0 Å². The second-order valence-electron chi connectivity index (χ2n) is 4.28. The second-order valence-corrected chi connectivity index (χ2v) is 4.28. The molecule has 1 N–H and O–H groups in total. The fourth-order valence-corrected chi connectivity index (χ4v) is 1.65. The molecule has 2 rings (SSSR count). The van der Waals surface area contributed by atoms with Gasteiger partial charge in [0.1, 0.15) is 12.4 Å². The SMILES string of the molecule is CCNCc1ccc(OCc2ccc(OC)cc2)nn1. The number of ether oxygens (including phenoxy) is 2. The molecule has 2 aromatic rings. The van der Waals surface area contributed by atoms with Crippen LogP contribution in [0.2, 0.25) is 0 Å². The highest BCUT2D eigenvalue weighted by Gasteiger charge is 2.00. The molecule has 0 unspecified atom stereocenters. The Hall–Kier alpha value is -2.14. The number of benzene rings is 1. The number of aromatic nitrogens is 2. The molecule has 0 aliphatic rings. The van der Waals surface area contributed by atoms with Crippen molar-refractivity contribution in [3.05, 3.63) is 47.7 Å². The van der Waals surface area contributed by atoms with Crippen LogP contribution in [0.5, 0.6) is 11.6 Å². The van der Waals surface area contributed by atoms with Crippen LogP contribution < -0.4 is 14.8 Å². The third-order valence-electron chi connectivity index (χ3n) is 2.80. The van der Waals surface area contributed by atoms with E-state index in [0.717, 1.165) is 30.1 Å². The maximum atomic E-state index is 5.59. The van der Waals surface area contributed by atoms with Crippen molar-refractivity contribution in [1.29, 1.82) is 0 Å². The Morgan fingerprint density at radius 2 is 1.85 bits per heavy atom. The number of methoxy groups -OCH3 is 1. The molecular formula is C15H19N3O2. The second kappa shape index (κ2) is 7.45. The molecule has 106 valence electrons. The number of hydrogen-bond acceptors (Lipinski definition) is 5. The predicted octanol–water partition coefficient (Wildman–Crippen LogP) is 2.17. The molecule has 0 spiro atoms. The molecule has 0 atom stereocenters. The zero-order valence-corrected chi connectivity index (χ0v) is 11.8. The zero-order chi connectivity index (χ0) is 14.2. The molecule has 1 aromatic heterocycles. The van der Waals surface area contributed by atoms with E-state index in [9.17, 15) is 0 Å². The van der Waals surface area contributed by atoms with Gasteiger partial charge in [-0.15, -0.1) is 5.10 Å². The summed E-state index contributed by atoms with van der Waals surface area (Å²) >= 11 is 0. The van der Waals surface area contributed by atoms with E-state index in [1.165, 1.54) is 0 Å². The summed E-state index contributed by atoms with van der Waals surface area (Å²) in [4.78, 5) is 0. The Morgan fingerprint density at radius 1 is 1.05 bits per heavy atom. The van der Waals surface area contributed by atoms with E-state index in [2.05, 4.69) is 22.4 Å². The van der Waals surface area contributed by atoms with Crippen LogP contribution in [-0.2, 0) is 13.2 Å². The number of nitrogens with one attached hydrogen (secondary N) is 1. The van der Waals surface area contributed by atoms with Crippen LogP contribution in [-0.4, -0.2) is 23.9 Å². The molecule has 0 saturated carbocycles. The van der Waals surface area contributed by atoms with Gasteiger partial charge in [-0.2, -0.15) is 5.10 Å². The smallest absolute Gasteiger partial charge is 0.233 e. The van der Waals surface area contributed by atoms with Crippen molar-refractivity contribution in [3.63, 3.8) is 0 Å². The summed E-state index contributed by atoms with van der Waals surface area (Å²) in [5.41, 5.74) is 1.97. The van der Waals surface area contributed by atoms with E-state index >= 15 is 0 Å². The zero-order valence-electron chi connectivity index (χ0n) is 11.8. The van der Waals surface area contributed by atoms with Crippen LogP contribution in [0.3, 0.4) is 0 Å². The van der Waals surface area contributed by atoms with Crippen molar-refractivity contribution in [2.24, 2.45) is 0 Å². The van der Waals surface area contributed by atoms with E-state index in [1.54, 1.807) is 7.11 Å². The van der Waals surface area contributed by atoms with Gasteiger partial charge in [-0.25, -0.2) is 0 Å². The Kier molecular flexibility index (Phi) is 5.32. The number of hydrogen-bond donors (Lipinski definition) is 1. The predicted molar refractivity (Wildman–Crippen MR) is 76.7 cm³/mol. The highest BCUT2D eigenvalue weighted by molar-refractivity contribution is 5.27. The monoisotopic (exact) mass is 273 g/mol. The van der Waals surface area contributed by atoms with E-state index in [1.807, 2.05) is 36.4 Å². The molecule has 1 aromatic carbocycles. The fourth-order valence-electron chi connectivity index (χ4n) is 1.65. The Bertz CT molecular complexity index is 512. The van der Waals surface area contributed by atoms with E-state index in [0.29, 0.717) is 12.5 Å². The molecule has 1 heterocycles. The highest BCUT2D eigenvalue weighted by Crippen LogP contribution is 2.13. The van der Waals surface area contributed by atoms with Gasteiger partial charge in [0.05, 0.1) is 12.8 Å². The Morgan fingerprint density at radius 3 is 2.45 bits per heavy atom. The van der Waals surface area contributed by atoms with E-state index < -0.39 is 0 Å². The lowest BCUT2D eigenvalue weighted by Crippen LogP contribution is -2.13. The number of rotatable bonds is 7. The minimum atomic E-state index is 0.464. The highest BCUT2D eigenvalue weighted by atomic mass is 16.5. The summed E-state index contributed by atoms with van der Waals surface area (Å²) in [5, 5.41) is 11.3. The van der Waals surface area contributed by atoms with Crippen molar-refractivity contribution >= 4 is 0 Å². The molecule has 0 saturated heterocycles. The first-order valence-corrected chi connectivity index (χ1v) is 6.61. The summed E-state index contributed by atoms with van der Waals surface area (Å²) in [5.74, 6) is 1.36. The van der Waals surface area contributed by atoms with E-state index in [4.69, 9.17) is 9.47 Å². The van der Waals surface area contributed by atoms with Crippen LogP contribution in [0.25, 0.3) is 0 Å². The van der Waals surface area contributed by atoms with Gasteiger partial charge in [0.25, 0.3) is 0 Å². The standard InChI is InChI=1S/C15H19N3O2/c1-3-16-10-13-6-9-15(18-17-13)20-11-12-4-7-14(19-2)8-5-12/h4-9,16H,3,10-11H2,1-2H3. The first-order valence-electron chi connectivity index (χ1n) is 6.61. The lowest BCUT2D eigenvalue weighted by molar-refractivity contribution is 0.289. The Balaban J connectivity index is 1.86. The minimum absolute atomic E-state index is 0.464. The third kappa shape index (κ3) is 4.20. The summed E-state index contributed by atoms with van der Waals surface area (Å²) in [7, 11) is 1.65. The average molecular weight is 273 g/mol. The lowest BCUT2D eigenvalue weighted by atomic mass is 10.2. The quantitative estimate of drug-likeness (QED) is 0.838. The van der Waals surface area contributed by atoms with Crippen molar-refractivity contribution in [2.45, 2.75) is 20.1 Å². The third-order valence-corrected chi connectivity index (χ3v) is 2.80. The first kappa shape index (κ1) is 14.3. The van der Waals surface area contributed by atoms with Crippen molar-refractivity contribution in [3.8, 4) is 11.6 Å². The topological polar surface area (TPSA) is 56.3 Å². The normalized spacial score (nSPS) is 10.3. The van der Waals surface area contributed by atoms with Gasteiger partial charge in [-0.05, 0) is 30.3 Å². The Labute approximate surface area is 118 Å². The maximum Gasteiger partial charge on any atom is 0.233 e. The molecule has 20 heavy (non-hydrogen) atoms. The molecule has 0 fully saturated rings. The molecule has 0 amide bonds. The first-order chi connectivity index (χ1) is 9.81. The largest absolute Gasteiger partial charge is 0.497 e. The van der Waals surface area contributed by atoms with Gasteiger partial charge in [-0.1, -0.05) is 19.1 Å². The fraction of sp³-hybridized carbons (Fsp3) is 0.333. The van der Waals surface area contributed by atoms with Crippen molar-refractivity contribution in [2.75, 3.05) is 13.7 Å². The van der Waals surface area contributed by atoms with Gasteiger partial charge in [0, 0.05) is 12.6 Å². The maximum absolute atomic E-state index is 5.59. The van der Waals surface area contributed by atoms with Crippen LogP contribution >= 0.6 is 0 Å². The summed E-state index contributed by atoms with van der Waals surface area (Å²) in [6.07, 6.45) is 0. The van der Waals surface area contributed by atoms with Crippen molar-refractivity contribution in [1.82, 2.24) is 15.5 Å². The molecule has 5 heteroatoms. The minimum Gasteiger partial charge on any atom is -0.497 e. The lowest BCUT2D eigenvalue weighted by Gasteiger charge is -2.06. The molecule has 0 aliphatic heterocycles. The van der Waals surface area contributed by atoms with Gasteiger partial charge >= 0.3 is 0 Å². The van der Waals surface area contributed by atoms with Gasteiger partial charge in [0.15, 0.2) is 0 Å². The van der Waals surface area contributed by atoms with E-state index in [-0.39, 0.29) is 0 Å². The van der Waals surface area contributed by atoms with Gasteiger partial charge in [0.2, 0.25) is 5.88 Å². The van der Waals surface area contributed by atoms with Crippen LogP contribution in [0.1, 0.15) is 18.2 Å². The van der Waals surface area contributed by atoms with Crippen molar-refractivity contribution < 1.29 is 9.47 Å². The summed E-state index contributed by atoms with van der Waals surface area (Å²) in [6.45, 7) is 4.16. The molecule has 0 aliphatic carbocycles. The van der Waals surface area contributed by atoms with Gasteiger partial charge < -0.3 is 14.8 Å². The molecule has 5 nitrogen and oxygen atoms in total. The number of nitrogens with zero attached hydrogens (tertiary/aromatic N) is 2. The van der Waals surface area contributed by atoms with Crippen LogP contribution in [0.15, 0.2) is 36.4 Å².